The van der Waals surface area contributed by atoms with Crippen LogP contribution in [0.5, 0.6) is 0 Å². The lowest BCUT2D eigenvalue weighted by Gasteiger charge is -2.16. The Morgan fingerprint density at radius 3 is 2.73 bits per heavy atom. The molecule has 3 heteroatoms. The van der Waals surface area contributed by atoms with Gasteiger partial charge in [0.25, 0.3) is 0 Å². The summed E-state index contributed by atoms with van der Waals surface area (Å²) >= 11 is 0. The SMILES string of the molecule is C#CCCCCC(=O)N(C)CCCNC. The number of carbonyl (C=O) groups excluding carboxylic acids is 1. The molecule has 0 aliphatic rings. The van der Waals surface area contributed by atoms with Crippen molar-refractivity contribution in [1.82, 2.24) is 10.2 Å². The zero-order valence-corrected chi connectivity index (χ0v) is 9.88. The van der Waals surface area contributed by atoms with Gasteiger partial charge in [-0.25, -0.2) is 0 Å². The number of hydrogen-bond donors (Lipinski definition) is 1. The molecule has 0 aliphatic carbocycles. The molecule has 0 unspecified atom stereocenters. The maximum absolute atomic E-state index is 11.6. The lowest BCUT2D eigenvalue weighted by Crippen LogP contribution is -2.29. The fourth-order valence-corrected chi connectivity index (χ4v) is 1.31. The van der Waals surface area contributed by atoms with E-state index < -0.39 is 0 Å². The van der Waals surface area contributed by atoms with E-state index in [9.17, 15) is 4.79 Å². The van der Waals surface area contributed by atoms with Crippen molar-refractivity contribution in [1.29, 1.82) is 0 Å². The second kappa shape index (κ2) is 9.54. The predicted octanol–water partition coefficient (Wildman–Crippen LogP) is 1.25. The molecule has 0 atom stereocenters. The van der Waals surface area contributed by atoms with E-state index in [0.717, 1.165) is 38.8 Å². The Kier molecular flexibility index (Phi) is 8.90. The average molecular weight is 210 g/mol. The Bertz CT molecular complexity index is 208. The van der Waals surface area contributed by atoms with Crippen LogP contribution in [0.4, 0.5) is 0 Å². The van der Waals surface area contributed by atoms with Gasteiger partial charge in [0.15, 0.2) is 0 Å². The zero-order chi connectivity index (χ0) is 11.5. The number of unbranched alkanes of at least 4 members (excludes halogenated alkanes) is 2. The van der Waals surface area contributed by atoms with Crippen molar-refractivity contribution in [2.45, 2.75) is 32.1 Å². The van der Waals surface area contributed by atoms with Crippen LogP contribution >= 0.6 is 0 Å². The second-order valence-corrected chi connectivity index (χ2v) is 3.68. The summed E-state index contributed by atoms with van der Waals surface area (Å²) in [6, 6.07) is 0. The first kappa shape index (κ1) is 14.0. The topological polar surface area (TPSA) is 32.3 Å². The van der Waals surface area contributed by atoms with Gasteiger partial charge in [0.05, 0.1) is 0 Å². The van der Waals surface area contributed by atoms with Crippen LogP contribution < -0.4 is 5.32 Å². The summed E-state index contributed by atoms with van der Waals surface area (Å²) in [4.78, 5) is 13.4. The molecule has 0 aromatic carbocycles. The van der Waals surface area contributed by atoms with Crippen LogP contribution in [0.25, 0.3) is 0 Å². The first-order chi connectivity index (χ1) is 7.22. The normalized spacial score (nSPS) is 9.67. The highest BCUT2D eigenvalue weighted by atomic mass is 16.2. The molecule has 0 aromatic heterocycles. The standard InChI is InChI=1S/C12H22N2O/c1-4-5-6-7-9-12(15)14(3)11-8-10-13-2/h1,13H,5-11H2,2-3H3. The molecule has 0 heterocycles. The Balaban J connectivity index is 3.47. The van der Waals surface area contributed by atoms with Crippen molar-refractivity contribution in [2.24, 2.45) is 0 Å². The summed E-state index contributed by atoms with van der Waals surface area (Å²) in [5, 5.41) is 3.06. The van der Waals surface area contributed by atoms with Gasteiger partial charge in [-0.15, -0.1) is 12.3 Å². The predicted molar refractivity (Wildman–Crippen MR) is 63.5 cm³/mol. The monoisotopic (exact) mass is 210 g/mol. The van der Waals surface area contributed by atoms with E-state index in [0.29, 0.717) is 6.42 Å². The zero-order valence-electron chi connectivity index (χ0n) is 9.88. The number of nitrogens with zero attached hydrogens (tertiary/aromatic N) is 1. The number of amides is 1. The van der Waals surface area contributed by atoms with Gasteiger partial charge in [-0.05, 0) is 32.9 Å². The molecule has 0 fully saturated rings. The lowest BCUT2D eigenvalue weighted by atomic mass is 10.2. The van der Waals surface area contributed by atoms with Crippen molar-refractivity contribution in [3.05, 3.63) is 0 Å². The molecule has 0 saturated carbocycles. The molecule has 1 N–H and O–H groups in total. The summed E-state index contributed by atoms with van der Waals surface area (Å²) < 4.78 is 0. The number of nitrogens with one attached hydrogen (secondary N) is 1. The van der Waals surface area contributed by atoms with Crippen molar-refractivity contribution in [2.75, 3.05) is 27.2 Å². The van der Waals surface area contributed by atoms with Gasteiger partial charge in [0.1, 0.15) is 0 Å². The van der Waals surface area contributed by atoms with Gasteiger partial charge in [-0.3, -0.25) is 4.79 Å². The van der Waals surface area contributed by atoms with Crippen LogP contribution in [0.15, 0.2) is 0 Å². The molecule has 0 spiro atoms. The van der Waals surface area contributed by atoms with Crippen LogP contribution in [0.2, 0.25) is 0 Å². The molecule has 3 nitrogen and oxygen atoms in total. The van der Waals surface area contributed by atoms with Crippen molar-refractivity contribution in [3.8, 4) is 12.3 Å². The fourth-order valence-electron chi connectivity index (χ4n) is 1.31. The quantitative estimate of drug-likeness (QED) is 0.483. The molecular weight excluding hydrogens is 188 g/mol. The highest BCUT2D eigenvalue weighted by Gasteiger charge is 2.06. The van der Waals surface area contributed by atoms with E-state index in [1.165, 1.54) is 0 Å². The summed E-state index contributed by atoms with van der Waals surface area (Å²) in [6.07, 6.45) is 9.39. The highest BCUT2D eigenvalue weighted by molar-refractivity contribution is 5.75. The van der Waals surface area contributed by atoms with Gasteiger partial charge in [-0.1, -0.05) is 0 Å². The average Bonchev–Trinajstić information content (AvgIpc) is 2.24. The number of hydrogen-bond acceptors (Lipinski definition) is 2. The minimum Gasteiger partial charge on any atom is -0.346 e. The summed E-state index contributed by atoms with van der Waals surface area (Å²) in [5.41, 5.74) is 0. The van der Waals surface area contributed by atoms with E-state index >= 15 is 0 Å². The molecule has 0 radical (unpaired) electrons. The van der Waals surface area contributed by atoms with Crippen LogP contribution in [-0.4, -0.2) is 38.0 Å². The molecular formula is C12H22N2O. The van der Waals surface area contributed by atoms with E-state index in [1.54, 1.807) is 4.90 Å². The lowest BCUT2D eigenvalue weighted by molar-refractivity contribution is -0.130. The van der Waals surface area contributed by atoms with Crippen LogP contribution in [0, 0.1) is 12.3 Å². The highest BCUT2D eigenvalue weighted by Crippen LogP contribution is 2.02. The second-order valence-electron chi connectivity index (χ2n) is 3.68. The van der Waals surface area contributed by atoms with E-state index in [-0.39, 0.29) is 5.91 Å². The van der Waals surface area contributed by atoms with E-state index in [2.05, 4.69) is 11.2 Å². The van der Waals surface area contributed by atoms with Crippen molar-refractivity contribution in [3.63, 3.8) is 0 Å². The van der Waals surface area contributed by atoms with Gasteiger partial charge in [0, 0.05) is 26.4 Å². The largest absolute Gasteiger partial charge is 0.346 e. The van der Waals surface area contributed by atoms with Gasteiger partial charge in [-0.2, -0.15) is 0 Å². The number of terminal acetylenes is 1. The molecule has 0 saturated heterocycles. The summed E-state index contributed by atoms with van der Waals surface area (Å²) in [6.45, 7) is 1.78. The van der Waals surface area contributed by atoms with Crippen molar-refractivity contribution >= 4 is 5.91 Å². The Morgan fingerprint density at radius 2 is 2.13 bits per heavy atom. The van der Waals surface area contributed by atoms with Crippen LogP contribution in [0.3, 0.4) is 0 Å². The molecule has 0 rings (SSSR count). The maximum Gasteiger partial charge on any atom is 0.222 e. The van der Waals surface area contributed by atoms with Gasteiger partial charge < -0.3 is 10.2 Å². The van der Waals surface area contributed by atoms with Crippen molar-refractivity contribution < 1.29 is 4.79 Å². The van der Waals surface area contributed by atoms with E-state index in [4.69, 9.17) is 6.42 Å². The molecule has 0 aromatic rings. The summed E-state index contributed by atoms with van der Waals surface area (Å²) in [5.74, 6) is 2.80. The minimum absolute atomic E-state index is 0.225. The molecule has 1 amide bonds. The fraction of sp³-hybridized carbons (Fsp3) is 0.750. The smallest absolute Gasteiger partial charge is 0.222 e. The summed E-state index contributed by atoms with van der Waals surface area (Å²) in [7, 11) is 3.78. The minimum atomic E-state index is 0.225. The number of carbonyl (C=O) groups is 1. The first-order valence-electron chi connectivity index (χ1n) is 5.54. The Morgan fingerprint density at radius 1 is 1.40 bits per heavy atom. The maximum atomic E-state index is 11.6. The Labute approximate surface area is 93.2 Å². The molecule has 0 bridgehead atoms. The van der Waals surface area contributed by atoms with Gasteiger partial charge in [0.2, 0.25) is 5.91 Å². The third kappa shape index (κ3) is 8.02. The van der Waals surface area contributed by atoms with Gasteiger partial charge >= 0.3 is 0 Å². The van der Waals surface area contributed by atoms with Crippen LogP contribution in [-0.2, 0) is 4.79 Å². The third-order valence-corrected chi connectivity index (χ3v) is 2.31. The molecule has 15 heavy (non-hydrogen) atoms. The number of rotatable bonds is 8. The Hall–Kier alpha value is -1.01. The first-order valence-corrected chi connectivity index (χ1v) is 5.54. The third-order valence-electron chi connectivity index (χ3n) is 2.31. The van der Waals surface area contributed by atoms with E-state index in [1.807, 2.05) is 14.1 Å². The van der Waals surface area contributed by atoms with Crippen LogP contribution in [0.1, 0.15) is 32.1 Å². The molecule has 0 aliphatic heterocycles. The molecule has 86 valence electrons.